The summed E-state index contributed by atoms with van der Waals surface area (Å²) in [7, 11) is 0. The molecular formula is C12H11N3. The van der Waals surface area contributed by atoms with Crippen molar-refractivity contribution in [1.29, 1.82) is 5.26 Å². The summed E-state index contributed by atoms with van der Waals surface area (Å²) in [5.74, 6) is 0.999. The first kappa shape index (κ1) is 9.47. The Balaban J connectivity index is 2.19. The molecule has 2 rings (SSSR count). The molecule has 0 aliphatic rings. The molecule has 0 aliphatic heterocycles. The highest BCUT2D eigenvalue weighted by Crippen LogP contribution is 2.06. The molecule has 0 N–H and O–H groups in total. The normalized spacial score (nSPS) is 9.87. The molecule has 1 aromatic heterocycles. The maximum atomic E-state index is 8.66. The van der Waals surface area contributed by atoms with Crippen molar-refractivity contribution in [2.24, 2.45) is 0 Å². The lowest BCUT2D eigenvalue weighted by Gasteiger charge is -2.04. The van der Waals surface area contributed by atoms with Crippen LogP contribution in [0.4, 0.5) is 0 Å². The van der Waals surface area contributed by atoms with Crippen LogP contribution in [0, 0.1) is 18.3 Å². The van der Waals surface area contributed by atoms with E-state index in [0.29, 0.717) is 5.56 Å². The quantitative estimate of drug-likeness (QED) is 0.739. The predicted molar refractivity (Wildman–Crippen MR) is 57.2 cm³/mol. The second-order valence-electron chi connectivity index (χ2n) is 3.41. The van der Waals surface area contributed by atoms with E-state index >= 15 is 0 Å². The van der Waals surface area contributed by atoms with Gasteiger partial charge in [0.15, 0.2) is 0 Å². The molecule has 15 heavy (non-hydrogen) atoms. The molecule has 3 heteroatoms. The topological polar surface area (TPSA) is 41.6 Å². The number of hydrogen-bond acceptors (Lipinski definition) is 2. The SMILES string of the molecule is Cc1nccn1Cc1ccc(C#N)cc1. The summed E-state index contributed by atoms with van der Waals surface area (Å²) in [6, 6.07) is 9.72. The van der Waals surface area contributed by atoms with E-state index in [1.807, 2.05) is 37.4 Å². The first-order chi connectivity index (χ1) is 7.29. The third kappa shape index (κ3) is 2.05. The molecule has 2 aromatic rings. The van der Waals surface area contributed by atoms with Gasteiger partial charge in [-0.2, -0.15) is 5.26 Å². The van der Waals surface area contributed by atoms with Crippen LogP contribution in [0.2, 0.25) is 0 Å². The van der Waals surface area contributed by atoms with Gasteiger partial charge in [0, 0.05) is 18.9 Å². The third-order valence-corrected chi connectivity index (χ3v) is 2.36. The van der Waals surface area contributed by atoms with Crippen molar-refractivity contribution < 1.29 is 0 Å². The van der Waals surface area contributed by atoms with Crippen LogP contribution in [0.1, 0.15) is 17.0 Å². The van der Waals surface area contributed by atoms with Crippen molar-refractivity contribution in [2.45, 2.75) is 13.5 Å². The Morgan fingerprint density at radius 2 is 2.07 bits per heavy atom. The minimum atomic E-state index is 0.695. The smallest absolute Gasteiger partial charge is 0.105 e. The summed E-state index contributed by atoms with van der Waals surface area (Å²) in [6.07, 6.45) is 3.74. The highest BCUT2D eigenvalue weighted by atomic mass is 15.0. The molecule has 1 heterocycles. The van der Waals surface area contributed by atoms with E-state index < -0.39 is 0 Å². The second kappa shape index (κ2) is 3.97. The van der Waals surface area contributed by atoms with Crippen molar-refractivity contribution in [3.8, 4) is 6.07 Å². The molecule has 0 bridgehead atoms. The average Bonchev–Trinajstić information content (AvgIpc) is 2.66. The van der Waals surface area contributed by atoms with Gasteiger partial charge in [-0.1, -0.05) is 12.1 Å². The number of rotatable bonds is 2. The van der Waals surface area contributed by atoms with E-state index in [-0.39, 0.29) is 0 Å². The average molecular weight is 197 g/mol. The lowest BCUT2D eigenvalue weighted by Crippen LogP contribution is -2.00. The molecule has 0 saturated heterocycles. The Morgan fingerprint density at radius 3 is 2.60 bits per heavy atom. The first-order valence-corrected chi connectivity index (χ1v) is 4.76. The van der Waals surface area contributed by atoms with Gasteiger partial charge in [0.2, 0.25) is 0 Å². The van der Waals surface area contributed by atoms with Crippen LogP contribution < -0.4 is 0 Å². The van der Waals surface area contributed by atoms with Gasteiger partial charge in [-0.3, -0.25) is 0 Å². The second-order valence-corrected chi connectivity index (χ2v) is 3.41. The zero-order chi connectivity index (χ0) is 10.7. The Morgan fingerprint density at radius 1 is 1.33 bits per heavy atom. The van der Waals surface area contributed by atoms with Crippen LogP contribution in [-0.2, 0) is 6.54 Å². The third-order valence-electron chi connectivity index (χ3n) is 2.36. The fraction of sp³-hybridized carbons (Fsp3) is 0.167. The number of nitriles is 1. The number of aromatic nitrogens is 2. The van der Waals surface area contributed by atoms with Crippen LogP contribution in [0.5, 0.6) is 0 Å². The van der Waals surface area contributed by atoms with Gasteiger partial charge < -0.3 is 4.57 Å². The zero-order valence-electron chi connectivity index (χ0n) is 8.51. The molecule has 3 nitrogen and oxygen atoms in total. The van der Waals surface area contributed by atoms with Crippen molar-refractivity contribution in [3.05, 3.63) is 53.6 Å². The lowest BCUT2D eigenvalue weighted by atomic mass is 10.1. The summed E-state index contributed by atoms with van der Waals surface area (Å²) in [5.41, 5.74) is 1.87. The van der Waals surface area contributed by atoms with E-state index in [2.05, 4.69) is 15.6 Å². The van der Waals surface area contributed by atoms with Crippen LogP contribution in [0.3, 0.4) is 0 Å². The van der Waals surface area contributed by atoms with Crippen LogP contribution in [-0.4, -0.2) is 9.55 Å². The van der Waals surface area contributed by atoms with Crippen LogP contribution >= 0.6 is 0 Å². The van der Waals surface area contributed by atoms with Gasteiger partial charge in [0.1, 0.15) is 5.82 Å². The first-order valence-electron chi connectivity index (χ1n) is 4.76. The molecule has 74 valence electrons. The molecule has 0 aliphatic carbocycles. The molecule has 0 unspecified atom stereocenters. The maximum Gasteiger partial charge on any atom is 0.105 e. The van der Waals surface area contributed by atoms with Gasteiger partial charge in [-0.15, -0.1) is 0 Å². The van der Waals surface area contributed by atoms with E-state index in [9.17, 15) is 0 Å². The minimum absolute atomic E-state index is 0.695. The Hall–Kier alpha value is -2.08. The predicted octanol–water partition coefficient (Wildman–Crippen LogP) is 2.11. The number of imidazole rings is 1. The number of aryl methyl sites for hydroxylation is 1. The maximum absolute atomic E-state index is 8.66. The van der Waals surface area contributed by atoms with E-state index in [1.165, 1.54) is 5.56 Å². The number of hydrogen-bond donors (Lipinski definition) is 0. The summed E-state index contributed by atoms with van der Waals surface area (Å²) < 4.78 is 2.07. The van der Waals surface area contributed by atoms with Crippen LogP contribution in [0.25, 0.3) is 0 Å². The lowest BCUT2D eigenvalue weighted by molar-refractivity contribution is 0.761. The fourth-order valence-electron chi connectivity index (χ4n) is 1.45. The van der Waals surface area contributed by atoms with Crippen molar-refractivity contribution in [1.82, 2.24) is 9.55 Å². The summed E-state index contributed by atoms with van der Waals surface area (Å²) in [5, 5.41) is 8.66. The highest BCUT2D eigenvalue weighted by Gasteiger charge is 1.98. The zero-order valence-corrected chi connectivity index (χ0v) is 8.51. The van der Waals surface area contributed by atoms with Gasteiger partial charge in [-0.05, 0) is 24.6 Å². The van der Waals surface area contributed by atoms with Gasteiger partial charge >= 0.3 is 0 Å². The molecular weight excluding hydrogens is 186 g/mol. The molecule has 1 aromatic carbocycles. The van der Waals surface area contributed by atoms with E-state index in [4.69, 9.17) is 5.26 Å². The number of benzene rings is 1. The highest BCUT2D eigenvalue weighted by molar-refractivity contribution is 5.31. The Bertz CT molecular complexity index is 488. The van der Waals surface area contributed by atoms with Crippen molar-refractivity contribution >= 4 is 0 Å². The van der Waals surface area contributed by atoms with Crippen molar-refractivity contribution in [2.75, 3.05) is 0 Å². The Kier molecular flexibility index (Phi) is 2.51. The molecule has 0 amide bonds. The standard InChI is InChI=1S/C12H11N3/c1-10-14-6-7-15(10)9-12-4-2-11(8-13)3-5-12/h2-7H,9H2,1H3. The fourth-order valence-corrected chi connectivity index (χ4v) is 1.45. The Labute approximate surface area is 88.6 Å². The van der Waals surface area contributed by atoms with Crippen molar-refractivity contribution in [3.63, 3.8) is 0 Å². The van der Waals surface area contributed by atoms with E-state index in [0.717, 1.165) is 12.4 Å². The molecule has 0 atom stereocenters. The summed E-state index contributed by atoms with van der Waals surface area (Å²) in [4.78, 5) is 4.16. The summed E-state index contributed by atoms with van der Waals surface area (Å²) >= 11 is 0. The molecule has 0 saturated carbocycles. The van der Waals surface area contributed by atoms with Gasteiger partial charge in [-0.25, -0.2) is 4.98 Å². The monoisotopic (exact) mass is 197 g/mol. The number of nitrogens with zero attached hydrogens (tertiary/aromatic N) is 3. The molecule has 0 fully saturated rings. The summed E-state index contributed by atoms with van der Waals surface area (Å²) in [6.45, 7) is 2.78. The van der Waals surface area contributed by atoms with Crippen LogP contribution in [0.15, 0.2) is 36.7 Å². The van der Waals surface area contributed by atoms with Gasteiger partial charge in [0.25, 0.3) is 0 Å². The largest absolute Gasteiger partial charge is 0.331 e. The van der Waals surface area contributed by atoms with E-state index in [1.54, 1.807) is 6.20 Å². The van der Waals surface area contributed by atoms with Gasteiger partial charge in [0.05, 0.1) is 11.6 Å². The minimum Gasteiger partial charge on any atom is -0.331 e. The molecule has 0 radical (unpaired) electrons. The molecule has 0 spiro atoms.